The van der Waals surface area contributed by atoms with Gasteiger partial charge in [-0.3, -0.25) is 10.9 Å². The first-order valence-corrected chi connectivity index (χ1v) is 4.72. The Hall–Kier alpha value is -0.340. The highest BCUT2D eigenvalue weighted by Gasteiger charge is 1.69. The Morgan fingerprint density at radius 3 is 1.42 bits per heavy atom. The molecule has 0 aliphatic carbocycles. The number of hydrazine groups is 1. The van der Waals surface area contributed by atoms with E-state index in [0.29, 0.717) is 0 Å². The maximum absolute atomic E-state index is 3.00. The Bertz CT molecular complexity index is 41.1. The number of nitrogens with one attached hydrogen (secondary N) is 2. The lowest BCUT2D eigenvalue weighted by atomic mass is 10.4. The molecule has 0 aromatic heterocycles. The van der Waals surface area contributed by atoms with Crippen LogP contribution >= 0.6 is 0 Å². The molecule has 0 rings (SSSR count). The van der Waals surface area contributed by atoms with E-state index in [-0.39, 0.29) is 0 Å². The normalized spacial score (nSPS) is 7.33. The third-order valence-corrected chi connectivity index (χ3v) is 1.05. The lowest BCUT2D eigenvalue weighted by Gasteiger charge is -1.94. The van der Waals surface area contributed by atoms with E-state index in [4.69, 9.17) is 0 Å². The molecular formula is C10H26N2. The summed E-state index contributed by atoms with van der Waals surface area (Å²) in [6, 6.07) is 0. The second-order valence-electron chi connectivity index (χ2n) is 2.18. The molecule has 76 valence electrons. The quantitative estimate of drug-likeness (QED) is 0.389. The summed E-state index contributed by atoms with van der Waals surface area (Å²) in [7, 11) is 1.87. The molecule has 0 aromatic carbocycles. The molecule has 0 aliphatic heterocycles. The van der Waals surface area contributed by atoms with Crippen LogP contribution in [0.15, 0.2) is 13.2 Å². The summed E-state index contributed by atoms with van der Waals surface area (Å²) < 4.78 is 0. The Morgan fingerprint density at radius 2 is 1.33 bits per heavy atom. The largest absolute Gasteiger partial charge is 0.261 e. The van der Waals surface area contributed by atoms with Gasteiger partial charge in [0.2, 0.25) is 0 Å². The van der Waals surface area contributed by atoms with Crippen LogP contribution in [0.25, 0.3) is 0 Å². The average Bonchev–Trinajstić information content (AvgIpc) is 2.18. The summed E-state index contributed by atoms with van der Waals surface area (Å²) in [6.45, 7) is 13.5. The Kier molecular flexibility index (Phi) is 45.7. The van der Waals surface area contributed by atoms with Gasteiger partial charge in [0.1, 0.15) is 0 Å². The number of rotatable bonds is 4. The van der Waals surface area contributed by atoms with Crippen molar-refractivity contribution in [1.82, 2.24) is 10.9 Å². The fraction of sp³-hybridized carbons (Fsp3) is 0.800. The van der Waals surface area contributed by atoms with Crippen LogP contribution < -0.4 is 10.9 Å². The second kappa shape index (κ2) is 31.1. The molecule has 0 aliphatic rings. The third-order valence-electron chi connectivity index (χ3n) is 1.05. The molecule has 0 saturated heterocycles. The van der Waals surface area contributed by atoms with Crippen molar-refractivity contribution in [2.75, 3.05) is 13.6 Å². The minimum atomic E-state index is 1.05. The van der Waals surface area contributed by atoms with Crippen LogP contribution in [0, 0.1) is 0 Å². The van der Waals surface area contributed by atoms with Gasteiger partial charge in [0.15, 0.2) is 0 Å². The molecule has 0 aromatic rings. The van der Waals surface area contributed by atoms with Crippen LogP contribution in [-0.4, -0.2) is 13.6 Å². The van der Waals surface area contributed by atoms with Crippen LogP contribution in [0.3, 0.4) is 0 Å². The maximum atomic E-state index is 3.00. The molecule has 0 saturated carbocycles. The molecule has 0 radical (unpaired) electrons. The lowest BCUT2D eigenvalue weighted by Crippen LogP contribution is -2.27. The predicted octanol–water partition coefficient (Wildman–Crippen LogP) is 2.73. The molecule has 0 heterocycles. The van der Waals surface area contributed by atoms with E-state index in [2.05, 4.69) is 44.8 Å². The Balaban J connectivity index is -0.000000118. The molecule has 0 unspecified atom stereocenters. The highest BCUT2D eigenvalue weighted by atomic mass is 15.3. The first-order valence-electron chi connectivity index (χ1n) is 4.72. The molecule has 0 spiro atoms. The monoisotopic (exact) mass is 174 g/mol. The van der Waals surface area contributed by atoms with Gasteiger partial charge >= 0.3 is 0 Å². The minimum Gasteiger partial charge on any atom is -0.261 e. The fourth-order valence-electron chi connectivity index (χ4n) is 0.250. The molecule has 2 heteroatoms. The zero-order valence-electron chi connectivity index (χ0n) is 9.24. The summed E-state index contributed by atoms with van der Waals surface area (Å²) in [5.74, 6) is 0. The Morgan fingerprint density at radius 1 is 0.917 bits per heavy atom. The molecule has 2 nitrogen and oxygen atoms in total. The lowest BCUT2D eigenvalue weighted by molar-refractivity contribution is 0.590. The van der Waals surface area contributed by atoms with Crippen molar-refractivity contribution < 1.29 is 0 Å². The van der Waals surface area contributed by atoms with E-state index in [0.717, 1.165) is 6.54 Å². The van der Waals surface area contributed by atoms with Crippen LogP contribution in [0.2, 0.25) is 0 Å². The zero-order chi connectivity index (χ0) is 10.2. The summed E-state index contributed by atoms with van der Waals surface area (Å²) in [6.07, 6.45) is 3.82. The molecule has 2 N–H and O–H groups in total. The van der Waals surface area contributed by atoms with Crippen LogP contribution in [0.1, 0.15) is 40.0 Å². The van der Waals surface area contributed by atoms with Gasteiger partial charge in [-0.1, -0.05) is 33.6 Å². The van der Waals surface area contributed by atoms with E-state index < -0.39 is 0 Å². The summed E-state index contributed by atoms with van der Waals surface area (Å²) in [5, 5.41) is 0. The SMILES string of the molecule is C=C.CCCC.CCCNNC. The van der Waals surface area contributed by atoms with Crippen LogP contribution in [0.5, 0.6) is 0 Å². The highest BCUT2D eigenvalue weighted by molar-refractivity contribution is 4.28. The second-order valence-corrected chi connectivity index (χ2v) is 2.18. The van der Waals surface area contributed by atoms with Crippen molar-refractivity contribution in [2.24, 2.45) is 0 Å². The van der Waals surface area contributed by atoms with E-state index in [1.807, 2.05) is 7.05 Å². The first-order chi connectivity index (χ1) is 5.83. The standard InChI is InChI=1S/C4H12N2.C4H10.C2H4/c1-3-4-6-5-2;1-3-4-2;1-2/h5-6H,3-4H2,1-2H3;3-4H2,1-2H3;1-2H2. The van der Waals surface area contributed by atoms with Gasteiger partial charge < -0.3 is 0 Å². The molecule has 12 heavy (non-hydrogen) atoms. The smallest absolute Gasteiger partial charge is 0.00970 e. The van der Waals surface area contributed by atoms with Gasteiger partial charge in [0.25, 0.3) is 0 Å². The van der Waals surface area contributed by atoms with Crippen molar-refractivity contribution >= 4 is 0 Å². The number of unbranched alkanes of at least 4 members (excludes halogenated alkanes) is 1. The predicted molar refractivity (Wildman–Crippen MR) is 59.2 cm³/mol. The first kappa shape index (κ1) is 17.7. The fourth-order valence-corrected chi connectivity index (χ4v) is 0.250. The van der Waals surface area contributed by atoms with E-state index in [9.17, 15) is 0 Å². The third kappa shape index (κ3) is 54.1. The van der Waals surface area contributed by atoms with E-state index >= 15 is 0 Å². The van der Waals surface area contributed by atoms with Crippen molar-refractivity contribution in [2.45, 2.75) is 40.0 Å². The van der Waals surface area contributed by atoms with Crippen LogP contribution in [-0.2, 0) is 0 Å². The summed E-state index contributed by atoms with van der Waals surface area (Å²) >= 11 is 0. The topological polar surface area (TPSA) is 24.1 Å². The molecule has 0 atom stereocenters. The zero-order valence-corrected chi connectivity index (χ0v) is 9.24. The maximum Gasteiger partial charge on any atom is 0.00970 e. The van der Waals surface area contributed by atoms with Gasteiger partial charge in [0.05, 0.1) is 0 Å². The molecule has 0 amide bonds. The number of hydrogen-bond acceptors (Lipinski definition) is 2. The van der Waals surface area contributed by atoms with Crippen molar-refractivity contribution in [3.05, 3.63) is 13.2 Å². The van der Waals surface area contributed by atoms with Gasteiger partial charge in [-0.15, -0.1) is 13.2 Å². The molecule has 0 bridgehead atoms. The van der Waals surface area contributed by atoms with E-state index in [1.165, 1.54) is 19.3 Å². The van der Waals surface area contributed by atoms with Gasteiger partial charge in [-0.2, -0.15) is 0 Å². The molecular weight excluding hydrogens is 148 g/mol. The minimum absolute atomic E-state index is 1.05. The molecule has 0 fully saturated rings. The summed E-state index contributed by atoms with van der Waals surface area (Å²) in [5.41, 5.74) is 5.77. The van der Waals surface area contributed by atoms with Gasteiger partial charge in [-0.25, -0.2) is 0 Å². The Labute approximate surface area is 78.4 Å². The van der Waals surface area contributed by atoms with Gasteiger partial charge in [-0.05, 0) is 13.5 Å². The highest BCUT2D eigenvalue weighted by Crippen LogP contribution is 1.76. The average molecular weight is 174 g/mol. The van der Waals surface area contributed by atoms with E-state index in [1.54, 1.807) is 0 Å². The van der Waals surface area contributed by atoms with Crippen molar-refractivity contribution in [3.63, 3.8) is 0 Å². The number of hydrogen-bond donors (Lipinski definition) is 2. The van der Waals surface area contributed by atoms with Crippen LogP contribution in [0.4, 0.5) is 0 Å². The van der Waals surface area contributed by atoms with Crippen molar-refractivity contribution in [1.29, 1.82) is 0 Å². The van der Waals surface area contributed by atoms with Gasteiger partial charge in [0, 0.05) is 6.54 Å². The van der Waals surface area contributed by atoms with Crippen molar-refractivity contribution in [3.8, 4) is 0 Å². The summed E-state index contributed by atoms with van der Waals surface area (Å²) in [4.78, 5) is 0.